The van der Waals surface area contributed by atoms with Gasteiger partial charge in [-0.15, -0.1) is 0 Å². The maximum absolute atomic E-state index is 5.33. The fraction of sp³-hybridized carbons (Fsp3) is 1.00. The van der Waals surface area contributed by atoms with Gasteiger partial charge in [0.25, 0.3) is 0 Å². The molecule has 0 saturated carbocycles. The van der Waals surface area contributed by atoms with E-state index in [1.807, 2.05) is 0 Å². The molecule has 0 aliphatic carbocycles. The molecule has 14 heavy (non-hydrogen) atoms. The molecule has 2 atom stereocenters. The molecule has 0 heterocycles. The largest absolute Gasteiger partial charge is 0.382 e. The van der Waals surface area contributed by atoms with Crippen LogP contribution in [0.4, 0.5) is 0 Å². The minimum atomic E-state index is 0.361. The number of hydrogen-bond donors (Lipinski definition) is 1. The molecule has 0 spiro atoms. The van der Waals surface area contributed by atoms with Crippen molar-refractivity contribution >= 4 is 0 Å². The SMILES string of the molecule is CCNC(CC(C)OC)C(CC)CC. The zero-order chi connectivity index (χ0) is 11.0. The van der Waals surface area contributed by atoms with Crippen molar-refractivity contribution < 1.29 is 4.74 Å². The summed E-state index contributed by atoms with van der Waals surface area (Å²) in [5.74, 6) is 0.785. The van der Waals surface area contributed by atoms with E-state index in [2.05, 4.69) is 33.0 Å². The average molecular weight is 201 g/mol. The summed E-state index contributed by atoms with van der Waals surface area (Å²) in [7, 11) is 1.79. The van der Waals surface area contributed by atoms with Gasteiger partial charge >= 0.3 is 0 Å². The van der Waals surface area contributed by atoms with Crippen molar-refractivity contribution in [3.63, 3.8) is 0 Å². The zero-order valence-corrected chi connectivity index (χ0v) is 10.5. The van der Waals surface area contributed by atoms with Gasteiger partial charge in [0.1, 0.15) is 0 Å². The van der Waals surface area contributed by atoms with Crippen molar-refractivity contribution in [2.24, 2.45) is 5.92 Å². The molecular formula is C12H27NO. The van der Waals surface area contributed by atoms with Crippen molar-refractivity contribution in [3.8, 4) is 0 Å². The first kappa shape index (κ1) is 13.9. The molecule has 0 aromatic carbocycles. The topological polar surface area (TPSA) is 21.3 Å². The molecule has 0 aliphatic heterocycles. The highest BCUT2D eigenvalue weighted by molar-refractivity contribution is 4.76. The average Bonchev–Trinajstić information content (AvgIpc) is 2.19. The minimum absolute atomic E-state index is 0.361. The second-order valence-electron chi connectivity index (χ2n) is 4.02. The molecular weight excluding hydrogens is 174 g/mol. The van der Waals surface area contributed by atoms with E-state index in [1.54, 1.807) is 7.11 Å². The molecule has 0 radical (unpaired) electrons. The van der Waals surface area contributed by atoms with Crippen molar-refractivity contribution in [2.75, 3.05) is 13.7 Å². The highest BCUT2D eigenvalue weighted by Crippen LogP contribution is 2.18. The zero-order valence-electron chi connectivity index (χ0n) is 10.5. The Morgan fingerprint density at radius 3 is 2.07 bits per heavy atom. The van der Waals surface area contributed by atoms with E-state index >= 15 is 0 Å². The predicted molar refractivity (Wildman–Crippen MR) is 62.6 cm³/mol. The third-order valence-corrected chi connectivity index (χ3v) is 3.07. The molecule has 86 valence electrons. The van der Waals surface area contributed by atoms with Crippen LogP contribution in [0, 0.1) is 5.92 Å². The molecule has 2 heteroatoms. The summed E-state index contributed by atoms with van der Waals surface area (Å²) in [6.07, 6.45) is 3.99. The molecule has 0 fully saturated rings. The third kappa shape index (κ3) is 4.97. The lowest BCUT2D eigenvalue weighted by Gasteiger charge is -2.28. The first-order valence-electron chi connectivity index (χ1n) is 5.95. The Labute approximate surface area is 89.4 Å². The summed E-state index contributed by atoms with van der Waals surface area (Å²) in [4.78, 5) is 0. The summed E-state index contributed by atoms with van der Waals surface area (Å²) in [5.41, 5.74) is 0. The first-order valence-corrected chi connectivity index (χ1v) is 5.95. The highest BCUT2D eigenvalue weighted by Gasteiger charge is 2.19. The minimum Gasteiger partial charge on any atom is -0.382 e. The van der Waals surface area contributed by atoms with Gasteiger partial charge in [0.05, 0.1) is 6.10 Å². The Hall–Kier alpha value is -0.0800. The third-order valence-electron chi connectivity index (χ3n) is 3.07. The lowest BCUT2D eigenvalue weighted by atomic mass is 9.90. The van der Waals surface area contributed by atoms with Crippen LogP contribution in [-0.2, 0) is 4.74 Å². The Morgan fingerprint density at radius 1 is 1.14 bits per heavy atom. The number of methoxy groups -OCH3 is 1. The Morgan fingerprint density at radius 2 is 1.71 bits per heavy atom. The molecule has 1 N–H and O–H groups in total. The van der Waals surface area contributed by atoms with E-state index < -0.39 is 0 Å². The van der Waals surface area contributed by atoms with Gasteiger partial charge in [-0.3, -0.25) is 0 Å². The van der Waals surface area contributed by atoms with Gasteiger partial charge < -0.3 is 10.1 Å². The van der Waals surface area contributed by atoms with Crippen LogP contribution in [0.15, 0.2) is 0 Å². The number of nitrogens with one attached hydrogen (secondary N) is 1. The standard InChI is InChI=1S/C12H27NO/c1-6-11(7-2)12(13-8-3)9-10(4)14-5/h10-13H,6-9H2,1-5H3. The summed E-state index contributed by atoms with van der Waals surface area (Å²) in [6, 6.07) is 0.616. The normalized spacial score (nSPS) is 15.9. The van der Waals surface area contributed by atoms with E-state index in [1.165, 1.54) is 12.8 Å². The molecule has 0 saturated heterocycles. The van der Waals surface area contributed by atoms with Crippen LogP contribution >= 0.6 is 0 Å². The monoisotopic (exact) mass is 201 g/mol. The van der Waals surface area contributed by atoms with E-state index in [-0.39, 0.29) is 0 Å². The second-order valence-corrected chi connectivity index (χ2v) is 4.02. The van der Waals surface area contributed by atoms with Gasteiger partial charge in [0.15, 0.2) is 0 Å². The highest BCUT2D eigenvalue weighted by atomic mass is 16.5. The summed E-state index contributed by atoms with van der Waals surface area (Å²) in [5, 5.41) is 3.57. The summed E-state index contributed by atoms with van der Waals surface area (Å²) < 4.78 is 5.33. The van der Waals surface area contributed by atoms with E-state index in [4.69, 9.17) is 4.74 Å². The number of ether oxygens (including phenoxy) is 1. The smallest absolute Gasteiger partial charge is 0.0558 e. The molecule has 0 aromatic heterocycles. The lowest BCUT2D eigenvalue weighted by Crippen LogP contribution is -2.38. The predicted octanol–water partition coefficient (Wildman–Crippen LogP) is 2.83. The Balaban J connectivity index is 4.10. The van der Waals surface area contributed by atoms with Gasteiger partial charge in [-0.25, -0.2) is 0 Å². The van der Waals surface area contributed by atoms with Gasteiger partial charge in [0.2, 0.25) is 0 Å². The number of hydrogen-bond acceptors (Lipinski definition) is 2. The maximum Gasteiger partial charge on any atom is 0.0558 e. The summed E-state index contributed by atoms with van der Waals surface area (Å²) in [6.45, 7) is 9.92. The van der Waals surface area contributed by atoms with E-state index in [9.17, 15) is 0 Å². The van der Waals surface area contributed by atoms with Crippen molar-refractivity contribution in [1.29, 1.82) is 0 Å². The first-order chi connectivity index (χ1) is 6.69. The molecule has 2 nitrogen and oxygen atoms in total. The quantitative estimate of drug-likeness (QED) is 0.652. The van der Waals surface area contributed by atoms with Crippen LogP contribution in [0.25, 0.3) is 0 Å². The van der Waals surface area contributed by atoms with Crippen LogP contribution in [0.5, 0.6) is 0 Å². The van der Waals surface area contributed by atoms with Crippen LogP contribution in [0.2, 0.25) is 0 Å². The Kier molecular flexibility index (Phi) is 8.20. The van der Waals surface area contributed by atoms with Crippen LogP contribution < -0.4 is 5.32 Å². The van der Waals surface area contributed by atoms with Crippen LogP contribution in [0.3, 0.4) is 0 Å². The van der Waals surface area contributed by atoms with Gasteiger partial charge in [-0.1, -0.05) is 33.6 Å². The van der Waals surface area contributed by atoms with Crippen molar-refractivity contribution in [3.05, 3.63) is 0 Å². The van der Waals surface area contributed by atoms with Crippen LogP contribution in [0.1, 0.15) is 47.0 Å². The lowest BCUT2D eigenvalue weighted by molar-refractivity contribution is 0.0911. The van der Waals surface area contributed by atoms with Crippen molar-refractivity contribution in [2.45, 2.75) is 59.1 Å². The molecule has 0 aliphatic rings. The molecule has 0 amide bonds. The molecule has 2 unspecified atom stereocenters. The van der Waals surface area contributed by atoms with Gasteiger partial charge in [-0.05, 0) is 25.8 Å². The fourth-order valence-electron chi connectivity index (χ4n) is 2.02. The summed E-state index contributed by atoms with van der Waals surface area (Å²) >= 11 is 0. The molecule has 0 bridgehead atoms. The Bertz CT molecular complexity index is 123. The maximum atomic E-state index is 5.33. The number of rotatable bonds is 8. The second kappa shape index (κ2) is 8.25. The van der Waals surface area contributed by atoms with Gasteiger partial charge in [-0.2, -0.15) is 0 Å². The molecule has 0 aromatic rings. The molecule has 0 rings (SSSR count). The van der Waals surface area contributed by atoms with E-state index in [0.29, 0.717) is 12.1 Å². The van der Waals surface area contributed by atoms with Gasteiger partial charge in [0, 0.05) is 13.2 Å². The van der Waals surface area contributed by atoms with Crippen LogP contribution in [-0.4, -0.2) is 25.8 Å². The van der Waals surface area contributed by atoms with Crippen molar-refractivity contribution in [1.82, 2.24) is 5.32 Å². The van der Waals surface area contributed by atoms with E-state index in [0.717, 1.165) is 18.9 Å². The fourth-order valence-corrected chi connectivity index (χ4v) is 2.02.